The third-order valence-corrected chi connectivity index (χ3v) is 1.83. The summed E-state index contributed by atoms with van der Waals surface area (Å²) in [5.74, 6) is 0. The van der Waals surface area contributed by atoms with E-state index in [9.17, 15) is 14.9 Å². The molecule has 0 aromatic heterocycles. The molecule has 1 atom stereocenters. The highest BCUT2D eigenvalue weighted by Crippen LogP contribution is 2.09. The molecule has 0 amide bonds. The Kier molecular flexibility index (Phi) is 5.13. The van der Waals surface area contributed by atoms with Gasteiger partial charge < -0.3 is 5.21 Å². The standard InChI is InChI=1S/C8H12N2O4/c1-3-7(6(2)10(13)14)4-8(5-11)9-12/h4-6,12H,3H2,1-2H3. The number of allylic oxidation sites excluding steroid dienone is 1. The number of carbonyl (C=O) groups excluding carboxylic acids is 1. The minimum atomic E-state index is -0.878. The van der Waals surface area contributed by atoms with E-state index in [0.29, 0.717) is 18.3 Å². The Labute approximate surface area is 81.1 Å². The molecule has 6 nitrogen and oxygen atoms in total. The van der Waals surface area contributed by atoms with Gasteiger partial charge in [-0.1, -0.05) is 12.1 Å². The van der Waals surface area contributed by atoms with E-state index < -0.39 is 11.0 Å². The number of carbonyl (C=O) groups is 1. The van der Waals surface area contributed by atoms with Crippen molar-refractivity contribution >= 4 is 12.0 Å². The second kappa shape index (κ2) is 5.85. The Balaban J connectivity index is 4.87. The Morgan fingerprint density at radius 3 is 2.57 bits per heavy atom. The molecule has 0 aromatic carbocycles. The molecule has 6 heteroatoms. The first kappa shape index (κ1) is 12.3. The van der Waals surface area contributed by atoms with Crippen LogP contribution in [0, 0.1) is 10.1 Å². The van der Waals surface area contributed by atoms with Crippen LogP contribution in [0.3, 0.4) is 0 Å². The van der Waals surface area contributed by atoms with E-state index in [2.05, 4.69) is 5.16 Å². The number of rotatable bonds is 5. The molecule has 1 unspecified atom stereocenters. The lowest BCUT2D eigenvalue weighted by Gasteiger charge is -2.05. The van der Waals surface area contributed by atoms with Crippen molar-refractivity contribution in [3.05, 3.63) is 21.8 Å². The maximum absolute atomic E-state index is 10.4. The van der Waals surface area contributed by atoms with E-state index in [1.54, 1.807) is 6.92 Å². The maximum atomic E-state index is 10.4. The van der Waals surface area contributed by atoms with Crippen LogP contribution in [-0.2, 0) is 4.79 Å². The van der Waals surface area contributed by atoms with E-state index >= 15 is 0 Å². The van der Waals surface area contributed by atoms with Gasteiger partial charge in [-0.25, -0.2) is 0 Å². The van der Waals surface area contributed by atoms with Crippen LogP contribution in [0.1, 0.15) is 20.3 Å². The van der Waals surface area contributed by atoms with Crippen molar-refractivity contribution in [2.75, 3.05) is 0 Å². The Morgan fingerprint density at radius 1 is 1.71 bits per heavy atom. The fourth-order valence-corrected chi connectivity index (χ4v) is 0.930. The van der Waals surface area contributed by atoms with Gasteiger partial charge in [0.25, 0.3) is 0 Å². The normalized spacial score (nSPS) is 15.0. The Hall–Kier alpha value is -1.72. The number of nitro groups is 1. The van der Waals surface area contributed by atoms with Gasteiger partial charge in [-0.2, -0.15) is 0 Å². The second-order valence-corrected chi connectivity index (χ2v) is 2.68. The van der Waals surface area contributed by atoms with Crippen molar-refractivity contribution in [1.82, 2.24) is 0 Å². The number of nitrogens with zero attached hydrogens (tertiary/aromatic N) is 2. The van der Waals surface area contributed by atoms with Gasteiger partial charge in [0, 0.05) is 17.4 Å². The quantitative estimate of drug-likeness (QED) is 0.236. The number of hydrogen-bond acceptors (Lipinski definition) is 5. The summed E-state index contributed by atoms with van der Waals surface area (Å²) in [7, 11) is 0. The van der Waals surface area contributed by atoms with E-state index in [0.717, 1.165) is 0 Å². The fourth-order valence-electron chi connectivity index (χ4n) is 0.930. The lowest BCUT2D eigenvalue weighted by atomic mass is 10.1. The van der Waals surface area contributed by atoms with Crippen LogP contribution in [0.5, 0.6) is 0 Å². The molecule has 78 valence electrons. The summed E-state index contributed by atoms with van der Waals surface area (Å²) in [6.07, 6.45) is 1.98. The first-order valence-electron chi connectivity index (χ1n) is 4.08. The molecule has 0 fully saturated rings. The summed E-state index contributed by atoms with van der Waals surface area (Å²) in [6, 6.07) is -0.878. The molecule has 0 bridgehead atoms. The predicted octanol–water partition coefficient (Wildman–Crippen LogP) is 1.02. The number of hydrogen-bond donors (Lipinski definition) is 1. The average molecular weight is 200 g/mol. The zero-order chi connectivity index (χ0) is 11.1. The van der Waals surface area contributed by atoms with Gasteiger partial charge in [-0.3, -0.25) is 14.9 Å². The van der Waals surface area contributed by atoms with Crippen LogP contribution < -0.4 is 0 Å². The highest BCUT2D eigenvalue weighted by Gasteiger charge is 2.17. The van der Waals surface area contributed by atoms with E-state index in [1.807, 2.05) is 0 Å². The lowest BCUT2D eigenvalue weighted by molar-refractivity contribution is -0.507. The zero-order valence-corrected chi connectivity index (χ0v) is 8.01. The van der Waals surface area contributed by atoms with Gasteiger partial charge in [0.2, 0.25) is 6.04 Å². The third-order valence-electron chi connectivity index (χ3n) is 1.83. The molecule has 0 aromatic rings. The third kappa shape index (κ3) is 3.34. The summed E-state index contributed by atoms with van der Waals surface area (Å²) < 4.78 is 0. The molecule has 0 saturated heterocycles. The molecule has 1 N–H and O–H groups in total. The van der Waals surface area contributed by atoms with Gasteiger partial charge in [-0.05, 0) is 12.5 Å². The van der Waals surface area contributed by atoms with Crippen molar-refractivity contribution < 1.29 is 14.9 Å². The monoisotopic (exact) mass is 200 g/mol. The summed E-state index contributed by atoms with van der Waals surface area (Å²) >= 11 is 0. The van der Waals surface area contributed by atoms with E-state index in [-0.39, 0.29) is 5.71 Å². The number of oxime groups is 1. The highest BCUT2D eigenvalue weighted by molar-refractivity contribution is 6.33. The molecule has 0 saturated carbocycles. The molecular weight excluding hydrogens is 188 g/mol. The SMILES string of the molecule is CCC(=CC(C=O)=NO)C(C)[N+](=O)[O-]. The Bertz CT molecular complexity index is 283. The maximum Gasteiger partial charge on any atom is 0.231 e. The van der Waals surface area contributed by atoms with Gasteiger partial charge in [0.15, 0.2) is 6.29 Å². The van der Waals surface area contributed by atoms with Gasteiger partial charge in [0.05, 0.1) is 0 Å². The molecule has 0 radical (unpaired) electrons. The lowest BCUT2D eigenvalue weighted by Crippen LogP contribution is -2.18. The molecule has 0 aliphatic carbocycles. The van der Waals surface area contributed by atoms with Crippen molar-refractivity contribution in [1.29, 1.82) is 0 Å². The Morgan fingerprint density at radius 2 is 2.29 bits per heavy atom. The van der Waals surface area contributed by atoms with Crippen LogP contribution in [0.4, 0.5) is 0 Å². The van der Waals surface area contributed by atoms with E-state index in [1.165, 1.54) is 13.0 Å². The van der Waals surface area contributed by atoms with Crippen LogP contribution in [0.25, 0.3) is 0 Å². The van der Waals surface area contributed by atoms with Crippen molar-refractivity contribution in [2.24, 2.45) is 5.16 Å². The summed E-state index contributed by atoms with van der Waals surface area (Å²) in [4.78, 5) is 20.2. The molecular formula is C8H12N2O4. The second-order valence-electron chi connectivity index (χ2n) is 2.68. The summed E-state index contributed by atoms with van der Waals surface area (Å²) in [5.41, 5.74) is 0.227. The van der Waals surface area contributed by atoms with Crippen molar-refractivity contribution in [2.45, 2.75) is 26.3 Å². The smallest absolute Gasteiger partial charge is 0.231 e. The number of aldehydes is 1. The van der Waals surface area contributed by atoms with E-state index in [4.69, 9.17) is 5.21 Å². The van der Waals surface area contributed by atoms with Gasteiger partial charge in [-0.15, -0.1) is 0 Å². The van der Waals surface area contributed by atoms with Crippen LogP contribution in [-0.4, -0.2) is 28.2 Å². The first-order valence-corrected chi connectivity index (χ1v) is 4.08. The summed E-state index contributed by atoms with van der Waals surface area (Å²) in [6.45, 7) is 3.14. The van der Waals surface area contributed by atoms with Crippen LogP contribution in [0.15, 0.2) is 16.8 Å². The van der Waals surface area contributed by atoms with Gasteiger partial charge >= 0.3 is 0 Å². The first-order chi connectivity index (χ1) is 6.56. The predicted molar refractivity (Wildman–Crippen MR) is 50.1 cm³/mol. The minimum absolute atomic E-state index is 0.212. The molecule has 0 rings (SSSR count). The largest absolute Gasteiger partial charge is 0.410 e. The zero-order valence-electron chi connectivity index (χ0n) is 8.01. The molecule has 0 aliphatic heterocycles. The average Bonchev–Trinajstić information content (AvgIpc) is 2.19. The highest BCUT2D eigenvalue weighted by atomic mass is 16.6. The summed E-state index contributed by atoms with van der Waals surface area (Å²) in [5, 5.41) is 21.5. The molecule has 14 heavy (non-hydrogen) atoms. The fraction of sp³-hybridized carbons (Fsp3) is 0.500. The molecule has 0 aliphatic rings. The molecule has 0 heterocycles. The van der Waals surface area contributed by atoms with Crippen molar-refractivity contribution in [3.63, 3.8) is 0 Å². The molecule has 0 spiro atoms. The van der Waals surface area contributed by atoms with Crippen LogP contribution in [0.2, 0.25) is 0 Å². The topological polar surface area (TPSA) is 92.8 Å². The van der Waals surface area contributed by atoms with Crippen LogP contribution >= 0.6 is 0 Å². The van der Waals surface area contributed by atoms with Crippen molar-refractivity contribution in [3.8, 4) is 0 Å². The minimum Gasteiger partial charge on any atom is -0.410 e. The van der Waals surface area contributed by atoms with Gasteiger partial charge in [0.1, 0.15) is 5.71 Å².